The summed E-state index contributed by atoms with van der Waals surface area (Å²) in [6, 6.07) is 1.91. The maximum atomic E-state index is 12.4. The third kappa shape index (κ3) is 3.76. The smallest absolute Gasteiger partial charge is 0.317 e. The minimum Gasteiger partial charge on any atom is -0.481 e. The highest BCUT2D eigenvalue weighted by molar-refractivity contribution is 6.01. The number of aromatic nitrogens is 2. The van der Waals surface area contributed by atoms with Crippen LogP contribution in [0.5, 0.6) is 0 Å². The van der Waals surface area contributed by atoms with Gasteiger partial charge in [0.15, 0.2) is 11.7 Å². The number of ketones is 1. The molecule has 2 heterocycles. The molecular weight excluding hydrogens is 334 g/mol. The standard InChI is InChI=1S/C19H23N3O4/c1-3-14(23)7-4-12(2)8-9-21-11-15(19(25)26)18(24)22-17(21)10-16(20-22)13-5-6-13/h3-4,10,13,15H,1,5-9,11H2,2H3,(H,25,26). The van der Waals surface area contributed by atoms with E-state index in [-0.39, 0.29) is 12.3 Å². The van der Waals surface area contributed by atoms with Gasteiger partial charge in [-0.15, -0.1) is 0 Å². The van der Waals surface area contributed by atoms with Crippen LogP contribution in [0.25, 0.3) is 0 Å². The zero-order valence-corrected chi connectivity index (χ0v) is 14.9. The van der Waals surface area contributed by atoms with E-state index in [1.54, 1.807) is 0 Å². The second-order valence-corrected chi connectivity index (χ2v) is 6.96. The molecule has 0 amide bonds. The Hall–Kier alpha value is -2.70. The number of carboxylic acids is 1. The highest BCUT2D eigenvalue weighted by Crippen LogP contribution is 2.41. The van der Waals surface area contributed by atoms with Gasteiger partial charge in [-0.25, -0.2) is 0 Å². The Bertz CT molecular complexity index is 789. The first kappa shape index (κ1) is 18.1. The first-order valence-corrected chi connectivity index (χ1v) is 8.83. The maximum absolute atomic E-state index is 12.4. The largest absolute Gasteiger partial charge is 0.481 e. The Morgan fingerprint density at radius 3 is 2.77 bits per heavy atom. The number of rotatable bonds is 8. The minimum atomic E-state index is -1.13. The summed E-state index contributed by atoms with van der Waals surface area (Å²) >= 11 is 0. The number of carboxylic acid groups (broad SMARTS) is 1. The van der Waals surface area contributed by atoms with Crippen molar-refractivity contribution in [2.24, 2.45) is 5.92 Å². The number of nitrogens with zero attached hydrogens (tertiary/aromatic N) is 3. The van der Waals surface area contributed by atoms with Gasteiger partial charge in [0.25, 0.3) is 5.91 Å². The average molecular weight is 357 g/mol. The van der Waals surface area contributed by atoms with E-state index in [9.17, 15) is 19.5 Å². The predicted molar refractivity (Wildman–Crippen MR) is 96.4 cm³/mol. The fraction of sp³-hybridized carbons (Fsp3) is 0.474. The van der Waals surface area contributed by atoms with Crippen LogP contribution in [-0.2, 0) is 9.59 Å². The zero-order chi connectivity index (χ0) is 18.8. The van der Waals surface area contributed by atoms with Gasteiger partial charge >= 0.3 is 5.97 Å². The van der Waals surface area contributed by atoms with Crippen molar-refractivity contribution in [3.05, 3.63) is 36.1 Å². The van der Waals surface area contributed by atoms with Gasteiger partial charge in [0.2, 0.25) is 0 Å². The normalized spacial score (nSPS) is 20.0. The molecule has 2 aliphatic rings. The van der Waals surface area contributed by atoms with E-state index in [1.807, 2.05) is 24.0 Å². The number of hydrogen-bond donors (Lipinski definition) is 1. The van der Waals surface area contributed by atoms with Crippen molar-refractivity contribution < 1.29 is 19.5 Å². The summed E-state index contributed by atoms with van der Waals surface area (Å²) in [4.78, 5) is 37.2. The number of anilines is 1. The van der Waals surface area contributed by atoms with Crippen molar-refractivity contribution in [3.63, 3.8) is 0 Å². The fourth-order valence-electron chi connectivity index (χ4n) is 3.06. The number of carbonyl (C=O) groups excluding carboxylic acids is 2. The first-order chi connectivity index (χ1) is 12.4. The fourth-order valence-corrected chi connectivity index (χ4v) is 3.06. The topological polar surface area (TPSA) is 92.5 Å². The van der Waals surface area contributed by atoms with Crippen LogP contribution in [0.4, 0.5) is 5.82 Å². The van der Waals surface area contributed by atoms with Gasteiger partial charge < -0.3 is 10.0 Å². The lowest BCUT2D eigenvalue weighted by atomic mass is 10.1. The Morgan fingerprint density at radius 2 is 2.15 bits per heavy atom. The van der Waals surface area contributed by atoms with Crippen molar-refractivity contribution in [1.82, 2.24) is 9.78 Å². The Morgan fingerprint density at radius 1 is 1.42 bits per heavy atom. The van der Waals surface area contributed by atoms with Crippen LogP contribution < -0.4 is 4.90 Å². The number of carbonyl (C=O) groups is 3. The summed E-state index contributed by atoms with van der Waals surface area (Å²) in [5.41, 5.74) is 1.91. The van der Waals surface area contributed by atoms with E-state index in [0.717, 1.165) is 24.1 Å². The average Bonchev–Trinajstić information content (AvgIpc) is 3.37. The van der Waals surface area contributed by atoms with Gasteiger partial charge in [-0.3, -0.25) is 14.4 Å². The Balaban J connectivity index is 1.76. The van der Waals surface area contributed by atoms with Crippen LogP contribution in [0.15, 0.2) is 30.4 Å². The summed E-state index contributed by atoms with van der Waals surface area (Å²) in [6.45, 7) is 6.10. The quantitative estimate of drug-likeness (QED) is 0.436. The second kappa shape index (κ2) is 7.27. The van der Waals surface area contributed by atoms with Crippen molar-refractivity contribution in [2.45, 2.75) is 38.5 Å². The third-order valence-corrected chi connectivity index (χ3v) is 4.89. The monoisotopic (exact) mass is 357 g/mol. The lowest BCUT2D eigenvalue weighted by molar-refractivity contribution is -0.140. The Kier molecular flexibility index (Phi) is 5.06. The second-order valence-electron chi connectivity index (χ2n) is 6.96. The SMILES string of the molecule is C=CC(=O)CC=C(C)CCN1CC(C(=O)O)C(=O)n2nc(C3CC3)cc21. The lowest BCUT2D eigenvalue weighted by Crippen LogP contribution is -2.46. The molecule has 0 saturated heterocycles. The molecule has 1 atom stereocenters. The van der Waals surface area contributed by atoms with Gasteiger partial charge in [-0.05, 0) is 32.3 Å². The molecule has 1 fully saturated rings. The number of fused-ring (bicyclic) bond motifs is 1. The molecule has 1 aromatic rings. The molecule has 0 aromatic carbocycles. The summed E-state index contributed by atoms with van der Waals surface area (Å²) in [5.74, 6) is -1.69. The third-order valence-electron chi connectivity index (χ3n) is 4.89. The molecule has 1 saturated carbocycles. The number of allylic oxidation sites excluding steroid dienone is 2. The van der Waals surface area contributed by atoms with Gasteiger partial charge in [-0.2, -0.15) is 9.78 Å². The highest BCUT2D eigenvalue weighted by atomic mass is 16.4. The molecule has 0 radical (unpaired) electrons. The summed E-state index contributed by atoms with van der Waals surface area (Å²) in [6.07, 6.45) is 6.28. The number of hydrogen-bond acceptors (Lipinski definition) is 5. The predicted octanol–water partition coefficient (Wildman–Crippen LogP) is 2.40. The van der Waals surface area contributed by atoms with Crippen LogP contribution in [0.1, 0.15) is 49.0 Å². The first-order valence-electron chi connectivity index (χ1n) is 8.83. The molecule has 7 nitrogen and oxygen atoms in total. The molecule has 26 heavy (non-hydrogen) atoms. The van der Waals surface area contributed by atoms with Gasteiger partial charge in [-0.1, -0.05) is 18.2 Å². The van der Waals surface area contributed by atoms with E-state index in [1.165, 1.54) is 10.8 Å². The van der Waals surface area contributed by atoms with Gasteiger partial charge in [0, 0.05) is 31.5 Å². The van der Waals surface area contributed by atoms with Crippen LogP contribution in [0.3, 0.4) is 0 Å². The van der Waals surface area contributed by atoms with E-state index >= 15 is 0 Å². The highest BCUT2D eigenvalue weighted by Gasteiger charge is 2.39. The molecule has 0 bridgehead atoms. The van der Waals surface area contributed by atoms with Crippen LogP contribution in [0, 0.1) is 5.92 Å². The summed E-state index contributed by atoms with van der Waals surface area (Å²) < 4.78 is 1.26. The number of aliphatic carboxylic acids is 1. The van der Waals surface area contributed by atoms with Crippen LogP contribution in [0.2, 0.25) is 0 Å². The van der Waals surface area contributed by atoms with Crippen LogP contribution >= 0.6 is 0 Å². The minimum absolute atomic E-state index is 0.0361. The van der Waals surface area contributed by atoms with E-state index in [0.29, 0.717) is 31.1 Å². The molecule has 138 valence electrons. The lowest BCUT2D eigenvalue weighted by Gasteiger charge is -2.31. The molecule has 1 unspecified atom stereocenters. The van der Waals surface area contributed by atoms with Gasteiger partial charge in [0.05, 0.1) is 5.69 Å². The molecule has 3 rings (SSSR count). The van der Waals surface area contributed by atoms with Crippen molar-refractivity contribution in [1.29, 1.82) is 0 Å². The zero-order valence-electron chi connectivity index (χ0n) is 14.9. The van der Waals surface area contributed by atoms with Gasteiger partial charge in [0.1, 0.15) is 5.82 Å². The van der Waals surface area contributed by atoms with Crippen LogP contribution in [-0.4, -0.2) is 45.6 Å². The maximum Gasteiger partial charge on any atom is 0.317 e. The van der Waals surface area contributed by atoms with E-state index < -0.39 is 17.8 Å². The summed E-state index contributed by atoms with van der Waals surface area (Å²) in [5, 5.41) is 13.7. The van der Waals surface area contributed by atoms with E-state index in [4.69, 9.17) is 0 Å². The van der Waals surface area contributed by atoms with Crippen molar-refractivity contribution in [2.75, 3.05) is 18.0 Å². The molecule has 7 heteroatoms. The molecular formula is C19H23N3O4. The molecule has 1 aliphatic heterocycles. The molecule has 0 spiro atoms. The van der Waals surface area contributed by atoms with E-state index in [2.05, 4.69) is 11.7 Å². The summed E-state index contributed by atoms with van der Waals surface area (Å²) in [7, 11) is 0. The molecule has 1 N–H and O–H groups in total. The molecule has 1 aliphatic carbocycles. The molecule has 1 aromatic heterocycles. The van der Waals surface area contributed by atoms with Crippen molar-refractivity contribution in [3.8, 4) is 0 Å². The Labute approximate surface area is 152 Å². The van der Waals surface area contributed by atoms with Crippen molar-refractivity contribution >= 4 is 23.5 Å².